The number of nitrogens with two attached hydrogens (primary N) is 1. The first-order chi connectivity index (χ1) is 9.97. The summed E-state index contributed by atoms with van der Waals surface area (Å²) in [5.74, 6) is -2.50. The smallest absolute Gasteiger partial charge is 0.326 e. The van der Waals surface area contributed by atoms with Gasteiger partial charge in [-0.15, -0.1) is 0 Å². The molecule has 0 saturated heterocycles. The van der Waals surface area contributed by atoms with Gasteiger partial charge in [-0.2, -0.15) is 0 Å². The van der Waals surface area contributed by atoms with Crippen LogP contribution in [0.4, 0.5) is 0 Å². The van der Waals surface area contributed by atoms with Gasteiger partial charge in [-0.3, -0.25) is 9.59 Å². The third-order valence-corrected chi connectivity index (χ3v) is 3.42. The lowest BCUT2D eigenvalue weighted by molar-refractivity contribution is -0.143. The highest BCUT2D eigenvalue weighted by Gasteiger charge is 2.28. The first kappa shape index (κ1) is 15.0. The largest absolute Gasteiger partial charge is 0.480 e. The van der Waals surface area contributed by atoms with E-state index in [1.165, 1.54) is 0 Å². The summed E-state index contributed by atoms with van der Waals surface area (Å²) in [5, 5.41) is 14.4. The minimum atomic E-state index is -1.30. The Morgan fingerprint density at radius 2 is 2.00 bits per heavy atom. The highest BCUT2D eigenvalue weighted by Crippen LogP contribution is 2.16. The van der Waals surface area contributed by atoms with Gasteiger partial charge in [-0.05, 0) is 17.5 Å². The van der Waals surface area contributed by atoms with Crippen LogP contribution in [0.2, 0.25) is 0 Å². The minimum absolute atomic E-state index is 0.426. The Hall–Kier alpha value is -2.41. The van der Waals surface area contributed by atoms with Crippen LogP contribution in [0.1, 0.15) is 17.5 Å². The Morgan fingerprint density at radius 3 is 2.62 bits per heavy atom. The summed E-state index contributed by atoms with van der Waals surface area (Å²) in [5.41, 5.74) is 7.15. The fourth-order valence-corrected chi connectivity index (χ4v) is 2.31. The van der Waals surface area contributed by atoms with Crippen molar-refractivity contribution in [3.05, 3.63) is 35.4 Å². The maximum absolute atomic E-state index is 12.1. The molecule has 1 unspecified atom stereocenters. The molecule has 0 aromatic heterocycles. The minimum Gasteiger partial charge on any atom is -0.480 e. The summed E-state index contributed by atoms with van der Waals surface area (Å²) in [6.45, 7) is 0.543. The summed E-state index contributed by atoms with van der Waals surface area (Å²) in [6, 6.07) is 5.92. The molecule has 0 fully saturated rings. The summed E-state index contributed by atoms with van der Waals surface area (Å²) < 4.78 is 0. The SMILES string of the molecule is NC(=O)C[C@H](NC(=O)C1Cc2ccccc2CN1)C(=O)O. The van der Waals surface area contributed by atoms with Crippen LogP contribution >= 0.6 is 0 Å². The maximum atomic E-state index is 12.1. The number of carboxylic acids is 1. The van der Waals surface area contributed by atoms with Crippen molar-refractivity contribution >= 4 is 17.8 Å². The van der Waals surface area contributed by atoms with Crippen molar-refractivity contribution in [3.63, 3.8) is 0 Å². The van der Waals surface area contributed by atoms with Gasteiger partial charge >= 0.3 is 5.97 Å². The first-order valence-corrected chi connectivity index (χ1v) is 6.59. The van der Waals surface area contributed by atoms with E-state index in [9.17, 15) is 14.4 Å². The van der Waals surface area contributed by atoms with Crippen molar-refractivity contribution in [2.75, 3.05) is 0 Å². The summed E-state index contributed by atoms with van der Waals surface area (Å²) in [4.78, 5) is 34.0. The zero-order valence-corrected chi connectivity index (χ0v) is 11.3. The number of primary amides is 1. The quantitative estimate of drug-likeness (QED) is 0.563. The molecular formula is C14H17N3O4. The van der Waals surface area contributed by atoms with E-state index in [2.05, 4.69) is 10.6 Å². The van der Waals surface area contributed by atoms with Crippen molar-refractivity contribution in [3.8, 4) is 0 Å². The van der Waals surface area contributed by atoms with Crippen molar-refractivity contribution in [2.45, 2.75) is 31.5 Å². The molecule has 2 amide bonds. The monoisotopic (exact) mass is 291 g/mol. The Labute approximate surface area is 121 Å². The van der Waals surface area contributed by atoms with Gasteiger partial charge in [0.2, 0.25) is 11.8 Å². The van der Waals surface area contributed by atoms with Crippen LogP contribution in [-0.2, 0) is 27.3 Å². The number of carboxylic acid groups (broad SMARTS) is 1. The fourth-order valence-electron chi connectivity index (χ4n) is 2.31. The van der Waals surface area contributed by atoms with Crippen LogP contribution in [-0.4, -0.2) is 35.0 Å². The van der Waals surface area contributed by atoms with E-state index in [-0.39, 0.29) is 0 Å². The van der Waals surface area contributed by atoms with Crippen LogP contribution in [0, 0.1) is 0 Å². The normalized spacial score (nSPS) is 18.4. The van der Waals surface area contributed by atoms with Gasteiger partial charge in [-0.1, -0.05) is 24.3 Å². The van der Waals surface area contributed by atoms with Crippen molar-refractivity contribution in [1.29, 1.82) is 0 Å². The Balaban J connectivity index is 2.01. The molecule has 0 aliphatic carbocycles. The lowest BCUT2D eigenvalue weighted by Crippen LogP contribution is -2.53. The summed E-state index contributed by atoms with van der Waals surface area (Å²) >= 11 is 0. The molecule has 0 bridgehead atoms. The molecule has 21 heavy (non-hydrogen) atoms. The number of benzene rings is 1. The van der Waals surface area contributed by atoms with E-state index >= 15 is 0 Å². The second-order valence-corrected chi connectivity index (χ2v) is 4.98. The van der Waals surface area contributed by atoms with Crippen molar-refractivity contribution in [1.82, 2.24) is 10.6 Å². The third kappa shape index (κ3) is 3.79. The average Bonchev–Trinajstić information content (AvgIpc) is 2.45. The number of hydrogen-bond acceptors (Lipinski definition) is 4. The number of aliphatic carboxylic acids is 1. The van der Waals surface area contributed by atoms with Gasteiger partial charge in [-0.25, -0.2) is 4.79 Å². The number of amides is 2. The van der Waals surface area contributed by atoms with Gasteiger partial charge in [0.25, 0.3) is 0 Å². The Bertz CT molecular complexity index is 573. The molecule has 1 aliphatic rings. The van der Waals surface area contributed by atoms with E-state index in [4.69, 9.17) is 10.8 Å². The molecule has 1 aromatic carbocycles. The maximum Gasteiger partial charge on any atom is 0.326 e. The Morgan fingerprint density at radius 1 is 1.33 bits per heavy atom. The second-order valence-electron chi connectivity index (χ2n) is 4.98. The predicted octanol–water partition coefficient (Wildman–Crippen LogP) is -0.854. The summed E-state index contributed by atoms with van der Waals surface area (Å²) in [7, 11) is 0. The van der Waals surface area contributed by atoms with E-state index in [0.29, 0.717) is 13.0 Å². The van der Waals surface area contributed by atoms with Gasteiger partial charge < -0.3 is 21.5 Å². The molecular weight excluding hydrogens is 274 g/mol. The molecule has 0 radical (unpaired) electrons. The summed E-state index contributed by atoms with van der Waals surface area (Å²) in [6.07, 6.45) is 0.0509. The molecule has 7 nitrogen and oxygen atoms in total. The van der Waals surface area contributed by atoms with Crippen LogP contribution in [0.5, 0.6) is 0 Å². The van der Waals surface area contributed by atoms with Gasteiger partial charge in [0, 0.05) is 6.54 Å². The molecule has 7 heteroatoms. The second kappa shape index (κ2) is 6.36. The average molecular weight is 291 g/mol. The molecule has 2 rings (SSSR count). The van der Waals surface area contributed by atoms with Gasteiger partial charge in [0.05, 0.1) is 12.5 Å². The highest BCUT2D eigenvalue weighted by atomic mass is 16.4. The molecule has 5 N–H and O–H groups in total. The highest BCUT2D eigenvalue weighted by molar-refractivity contribution is 5.90. The first-order valence-electron chi connectivity index (χ1n) is 6.59. The van der Waals surface area contributed by atoms with Crippen LogP contribution in [0.15, 0.2) is 24.3 Å². The van der Waals surface area contributed by atoms with Crippen molar-refractivity contribution < 1.29 is 19.5 Å². The van der Waals surface area contributed by atoms with E-state index in [1.54, 1.807) is 0 Å². The van der Waals surface area contributed by atoms with Crippen LogP contribution in [0.25, 0.3) is 0 Å². The predicted molar refractivity (Wildman–Crippen MR) is 74.2 cm³/mol. The van der Waals surface area contributed by atoms with E-state index < -0.39 is 36.3 Å². The molecule has 0 saturated carbocycles. The van der Waals surface area contributed by atoms with Crippen molar-refractivity contribution in [2.24, 2.45) is 5.73 Å². The van der Waals surface area contributed by atoms with Gasteiger partial charge in [0.15, 0.2) is 0 Å². The molecule has 112 valence electrons. The number of carbonyl (C=O) groups excluding carboxylic acids is 2. The molecule has 0 spiro atoms. The number of rotatable bonds is 5. The van der Waals surface area contributed by atoms with Gasteiger partial charge in [0.1, 0.15) is 6.04 Å². The topological polar surface area (TPSA) is 122 Å². The van der Waals surface area contributed by atoms with E-state index in [0.717, 1.165) is 11.1 Å². The van der Waals surface area contributed by atoms with Crippen LogP contribution < -0.4 is 16.4 Å². The molecule has 1 aliphatic heterocycles. The Kier molecular flexibility index (Phi) is 4.54. The molecule has 1 heterocycles. The molecule has 1 aromatic rings. The lowest BCUT2D eigenvalue weighted by atomic mass is 9.95. The third-order valence-electron chi connectivity index (χ3n) is 3.42. The fraction of sp³-hybridized carbons (Fsp3) is 0.357. The van der Waals surface area contributed by atoms with Crippen LogP contribution in [0.3, 0.4) is 0 Å². The zero-order valence-electron chi connectivity index (χ0n) is 11.3. The number of hydrogen-bond donors (Lipinski definition) is 4. The lowest BCUT2D eigenvalue weighted by Gasteiger charge is -2.26. The number of fused-ring (bicyclic) bond motifs is 1. The number of nitrogens with one attached hydrogen (secondary N) is 2. The zero-order chi connectivity index (χ0) is 15.4. The standard InChI is InChI=1S/C14H17N3O4/c15-12(18)6-11(14(20)21)17-13(19)10-5-8-3-1-2-4-9(8)7-16-10/h1-4,10-11,16H,5-7H2,(H2,15,18)(H,17,19)(H,20,21)/t10?,11-/m0/s1. The molecule has 2 atom stereocenters. The van der Waals surface area contributed by atoms with E-state index in [1.807, 2.05) is 24.3 Å². The number of carbonyl (C=O) groups is 3.